The summed E-state index contributed by atoms with van der Waals surface area (Å²) in [5.74, 6) is -0.872. The van der Waals surface area contributed by atoms with E-state index in [4.69, 9.17) is 9.84 Å². The fourth-order valence-electron chi connectivity index (χ4n) is 2.36. The molecule has 2 rings (SSSR count). The van der Waals surface area contributed by atoms with Crippen molar-refractivity contribution in [2.75, 3.05) is 13.7 Å². The van der Waals surface area contributed by atoms with E-state index < -0.39 is 16.0 Å². The van der Waals surface area contributed by atoms with E-state index in [1.54, 1.807) is 6.33 Å². The Bertz CT molecular complexity index is 874. The van der Waals surface area contributed by atoms with E-state index in [0.717, 1.165) is 11.4 Å². The van der Waals surface area contributed by atoms with Gasteiger partial charge in [-0.1, -0.05) is 6.07 Å². The number of sulfonamides is 1. The maximum Gasteiger partial charge on any atom is 0.307 e. The van der Waals surface area contributed by atoms with E-state index in [0.29, 0.717) is 12.1 Å². The van der Waals surface area contributed by atoms with Crippen molar-refractivity contribution in [3.63, 3.8) is 0 Å². The highest BCUT2D eigenvalue weighted by atomic mass is 32.2. The molecule has 0 atom stereocenters. The lowest BCUT2D eigenvalue weighted by molar-refractivity contribution is -0.136. The first kappa shape index (κ1) is 18.9. The third-order valence-corrected chi connectivity index (χ3v) is 5.35. The zero-order chi connectivity index (χ0) is 18.6. The zero-order valence-corrected chi connectivity index (χ0v) is 15.1. The van der Waals surface area contributed by atoms with Gasteiger partial charge in [-0.25, -0.2) is 18.1 Å². The van der Waals surface area contributed by atoms with E-state index in [-0.39, 0.29) is 23.6 Å². The molecule has 0 radical (unpaired) electrons. The van der Waals surface area contributed by atoms with Crippen molar-refractivity contribution in [3.8, 4) is 5.75 Å². The topological polar surface area (TPSA) is 111 Å². The number of aliphatic carboxylic acids is 1. The number of carboxylic acids is 1. The Balaban J connectivity index is 2.17. The summed E-state index contributed by atoms with van der Waals surface area (Å²) < 4.78 is 34.6. The normalized spacial score (nSPS) is 11.5. The van der Waals surface area contributed by atoms with Crippen molar-refractivity contribution in [3.05, 3.63) is 41.5 Å². The molecule has 8 nitrogen and oxygen atoms in total. The lowest BCUT2D eigenvalue weighted by Gasteiger charge is -2.12. The number of rotatable bonds is 8. The van der Waals surface area contributed by atoms with E-state index in [1.807, 2.05) is 18.4 Å². The molecule has 0 spiro atoms. The molecule has 2 N–H and O–H groups in total. The average Bonchev–Trinajstić information content (AvgIpc) is 2.86. The van der Waals surface area contributed by atoms with Gasteiger partial charge in [-0.15, -0.1) is 0 Å². The zero-order valence-electron chi connectivity index (χ0n) is 14.3. The van der Waals surface area contributed by atoms with Gasteiger partial charge in [0, 0.05) is 18.8 Å². The van der Waals surface area contributed by atoms with Gasteiger partial charge in [-0.05, 0) is 31.5 Å². The number of methoxy groups -OCH3 is 1. The average molecular weight is 367 g/mol. The molecule has 0 saturated heterocycles. The Kier molecular flexibility index (Phi) is 5.81. The number of ether oxygens (including phenoxy) is 1. The summed E-state index contributed by atoms with van der Waals surface area (Å²) >= 11 is 0. The molecular formula is C16H21N3O5S. The highest BCUT2D eigenvalue weighted by Crippen LogP contribution is 2.25. The van der Waals surface area contributed by atoms with Gasteiger partial charge >= 0.3 is 5.97 Å². The molecular weight excluding hydrogens is 346 g/mol. The lowest BCUT2D eigenvalue weighted by Crippen LogP contribution is -2.28. The molecule has 0 bridgehead atoms. The SMILES string of the molecule is COc1ccc(CC(=O)O)cc1S(=O)(=O)NCCn1cnc(C)c1C. The van der Waals surface area contributed by atoms with Gasteiger partial charge in [-0.3, -0.25) is 4.79 Å². The molecule has 0 amide bonds. The van der Waals surface area contributed by atoms with Crippen LogP contribution in [0.25, 0.3) is 0 Å². The van der Waals surface area contributed by atoms with Crippen LogP contribution in [0.2, 0.25) is 0 Å². The Hall–Kier alpha value is -2.39. The lowest BCUT2D eigenvalue weighted by atomic mass is 10.1. The monoisotopic (exact) mass is 367 g/mol. The minimum Gasteiger partial charge on any atom is -0.495 e. The molecule has 1 heterocycles. The van der Waals surface area contributed by atoms with Crippen LogP contribution in [0.3, 0.4) is 0 Å². The molecule has 1 aromatic heterocycles. The second kappa shape index (κ2) is 7.66. The molecule has 2 aromatic rings. The van der Waals surface area contributed by atoms with Crippen molar-refractivity contribution in [1.29, 1.82) is 0 Å². The first-order chi connectivity index (χ1) is 11.7. The van der Waals surface area contributed by atoms with Gasteiger partial charge in [0.1, 0.15) is 10.6 Å². The summed E-state index contributed by atoms with van der Waals surface area (Å²) in [5.41, 5.74) is 2.25. The highest BCUT2D eigenvalue weighted by Gasteiger charge is 2.20. The minimum absolute atomic E-state index is 0.0766. The van der Waals surface area contributed by atoms with Crippen molar-refractivity contribution in [2.24, 2.45) is 0 Å². The Labute approximate surface area is 146 Å². The third kappa shape index (κ3) is 4.58. The number of carbonyl (C=O) groups is 1. The van der Waals surface area contributed by atoms with Gasteiger partial charge in [0.2, 0.25) is 10.0 Å². The van der Waals surface area contributed by atoms with Crippen LogP contribution in [-0.2, 0) is 27.8 Å². The summed E-state index contributed by atoms with van der Waals surface area (Å²) in [7, 11) is -2.48. The van der Waals surface area contributed by atoms with Crippen LogP contribution < -0.4 is 9.46 Å². The number of hydrogen-bond acceptors (Lipinski definition) is 5. The van der Waals surface area contributed by atoms with Gasteiger partial charge in [0.05, 0.1) is 25.6 Å². The molecule has 25 heavy (non-hydrogen) atoms. The molecule has 1 aromatic carbocycles. The minimum atomic E-state index is -3.84. The maximum atomic E-state index is 12.6. The molecule has 0 aliphatic carbocycles. The van der Waals surface area contributed by atoms with Crippen molar-refractivity contribution < 1.29 is 23.1 Å². The van der Waals surface area contributed by atoms with Crippen LogP contribution >= 0.6 is 0 Å². The number of aryl methyl sites for hydroxylation is 1. The van der Waals surface area contributed by atoms with Crippen LogP contribution in [0.1, 0.15) is 17.0 Å². The predicted octanol–water partition coefficient (Wildman–Crippen LogP) is 1.11. The predicted molar refractivity (Wildman–Crippen MR) is 91.2 cm³/mol. The first-order valence-corrected chi connectivity index (χ1v) is 9.09. The highest BCUT2D eigenvalue weighted by molar-refractivity contribution is 7.89. The maximum absolute atomic E-state index is 12.6. The molecule has 136 valence electrons. The van der Waals surface area contributed by atoms with E-state index >= 15 is 0 Å². The molecule has 0 aliphatic heterocycles. The molecule has 0 aliphatic rings. The van der Waals surface area contributed by atoms with Gasteiger partial charge < -0.3 is 14.4 Å². The largest absolute Gasteiger partial charge is 0.495 e. The number of carboxylic acid groups (broad SMARTS) is 1. The van der Waals surface area contributed by atoms with Gasteiger partial charge in [0.15, 0.2) is 0 Å². The summed E-state index contributed by atoms with van der Waals surface area (Å²) in [6, 6.07) is 4.31. The van der Waals surface area contributed by atoms with Crippen molar-refractivity contribution >= 4 is 16.0 Å². The first-order valence-electron chi connectivity index (χ1n) is 7.61. The molecule has 9 heteroatoms. The second-order valence-electron chi connectivity index (χ2n) is 5.56. The van der Waals surface area contributed by atoms with E-state index in [2.05, 4.69) is 9.71 Å². The Morgan fingerprint density at radius 3 is 2.64 bits per heavy atom. The molecule has 0 unspecified atom stereocenters. The van der Waals surface area contributed by atoms with E-state index in [1.165, 1.54) is 25.3 Å². The van der Waals surface area contributed by atoms with Crippen LogP contribution in [0.4, 0.5) is 0 Å². The summed E-state index contributed by atoms with van der Waals surface area (Å²) in [6.45, 7) is 4.40. The number of imidazole rings is 1. The number of benzene rings is 1. The third-order valence-electron chi connectivity index (χ3n) is 3.86. The Morgan fingerprint density at radius 1 is 1.36 bits per heavy atom. The summed E-state index contributed by atoms with van der Waals surface area (Å²) in [5, 5.41) is 8.88. The number of hydrogen-bond donors (Lipinski definition) is 2. The number of nitrogens with zero attached hydrogens (tertiary/aromatic N) is 2. The fourth-order valence-corrected chi connectivity index (χ4v) is 3.60. The van der Waals surface area contributed by atoms with Crippen LogP contribution in [-0.4, -0.2) is 42.7 Å². The van der Waals surface area contributed by atoms with Crippen LogP contribution in [0.15, 0.2) is 29.4 Å². The Morgan fingerprint density at radius 2 is 2.08 bits per heavy atom. The van der Waals surface area contributed by atoms with E-state index in [9.17, 15) is 13.2 Å². The van der Waals surface area contributed by atoms with Crippen molar-refractivity contribution in [1.82, 2.24) is 14.3 Å². The quantitative estimate of drug-likeness (QED) is 0.723. The van der Waals surface area contributed by atoms with Crippen LogP contribution in [0, 0.1) is 13.8 Å². The fraction of sp³-hybridized carbons (Fsp3) is 0.375. The summed E-state index contributed by atoms with van der Waals surface area (Å²) in [4.78, 5) is 14.9. The van der Waals surface area contributed by atoms with Crippen LogP contribution in [0.5, 0.6) is 5.75 Å². The van der Waals surface area contributed by atoms with Gasteiger partial charge in [0.25, 0.3) is 0 Å². The molecule has 0 fully saturated rings. The number of nitrogens with one attached hydrogen (secondary N) is 1. The smallest absolute Gasteiger partial charge is 0.307 e. The van der Waals surface area contributed by atoms with Crippen molar-refractivity contribution in [2.45, 2.75) is 31.7 Å². The molecule has 0 saturated carbocycles. The standard InChI is InChI=1S/C16H21N3O5S/c1-11-12(2)19(10-17-11)7-6-18-25(22,23)15-8-13(9-16(20)21)4-5-14(15)24-3/h4-5,8,10,18H,6-7,9H2,1-3H3,(H,20,21). The number of aromatic nitrogens is 2. The summed E-state index contributed by atoms with van der Waals surface area (Å²) in [6.07, 6.45) is 1.40. The van der Waals surface area contributed by atoms with Gasteiger partial charge in [-0.2, -0.15) is 0 Å². The second-order valence-corrected chi connectivity index (χ2v) is 7.30.